The van der Waals surface area contributed by atoms with Crippen LogP contribution in [0.3, 0.4) is 0 Å². The van der Waals surface area contributed by atoms with Crippen LogP contribution in [0, 0.1) is 10.1 Å². The largest absolute Gasteiger partial charge is 0.426 e. The zero-order chi connectivity index (χ0) is 19.5. The highest BCUT2D eigenvalue weighted by molar-refractivity contribution is 5.95. The van der Waals surface area contributed by atoms with Crippen molar-refractivity contribution in [3.05, 3.63) is 34.4 Å². The number of non-ortho nitro benzene ring substituents is 1. The van der Waals surface area contributed by atoms with E-state index in [0.717, 1.165) is 6.07 Å². The maximum atomic E-state index is 12.3. The number of ketones is 1. The maximum absolute atomic E-state index is 12.3. The summed E-state index contributed by atoms with van der Waals surface area (Å²) in [7, 11) is 0. The van der Waals surface area contributed by atoms with E-state index in [4.69, 9.17) is 15.2 Å². The summed E-state index contributed by atoms with van der Waals surface area (Å²) in [6.45, 7) is 1.77. The summed E-state index contributed by atoms with van der Waals surface area (Å²) >= 11 is 0. The molecule has 0 fully saturated rings. The molecular weight excluding hydrogens is 346 g/mol. The number of nitro groups is 1. The van der Waals surface area contributed by atoms with Gasteiger partial charge < -0.3 is 20.5 Å². The number of amides is 1. The van der Waals surface area contributed by atoms with Gasteiger partial charge in [-0.05, 0) is 12.5 Å². The first-order chi connectivity index (χ1) is 12.4. The Hall–Kier alpha value is -2.85. The van der Waals surface area contributed by atoms with Crippen LogP contribution < -0.4 is 11.1 Å². The number of anilines is 1. The molecule has 0 saturated carbocycles. The Kier molecular flexibility index (Phi) is 8.88. The third-order valence-corrected chi connectivity index (χ3v) is 3.09. The topological polar surface area (TPSA) is 151 Å². The van der Waals surface area contributed by atoms with Crippen LogP contribution >= 0.6 is 0 Å². The number of nitrogens with two attached hydrogens (primary N) is 1. The van der Waals surface area contributed by atoms with Crippen molar-refractivity contribution in [1.29, 1.82) is 0 Å². The van der Waals surface area contributed by atoms with Crippen LogP contribution in [0.2, 0.25) is 0 Å². The van der Waals surface area contributed by atoms with E-state index < -0.39 is 23.1 Å². The Bertz CT molecular complexity index is 663. The molecule has 1 rings (SSSR count). The second-order valence-electron chi connectivity index (χ2n) is 5.23. The van der Waals surface area contributed by atoms with Crippen LogP contribution in [0.5, 0.6) is 0 Å². The Balaban J connectivity index is 2.73. The van der Waals surface area contributed by atoms with E-state index in [1.165, 1.54) is 18.2 Å². The fourth-order valence-corrected chi connectivity index (χ4v) is 1.81. The highest BCUT2D eigenvalue weighted by Gasteiger charge is 2.24. The number of benzene rings is 1. The number of Topliss-reactive ketones (excluding diaryl/α,β-unsaturated/α-hetero) is 1. The van der Waals surface area contributed by atoms with E-state index in [9.17, 15) is 24.5 Å². The Labute approximate surface area is 149 Å². The predicted octanol–water partition coefficient (Wildman–Crippen LogP) is 1.14. The quantitative estimate of drug-likeness (QED) is 0.256. The number of hydrogen-bond donors (Lipinski definition) is 2. The highest BCUT2D eigenvalue weighted by atomic mass is 16.7. The van der Waals surface area contributed by atoms with Gasteiger partial charge in [-0.2, -0.15) is 0 Å². The van der Waals surface area contributed by atoms with E-state index in [2.05, 4.69) is 5.32 Å². The molecule has 26 heavy (non-hydrogen) atoms. The molecule has 3 N–H and O–H groups in total. The molecule has 0 spiro atoms. The number of nitrogens with zero attached hydrogens (tertiary/aromatic N) is 1. The Morgan fingerprint density at radius 1 is 1.31 bits per heavy atom. The molecule has 1 atom stereocenters. The van der Waals surface area contributed by atoms with Crippen molar-refractivity contribution >= 4 is 29.0 Å². The molecule has 1 aromatic carbocycles. The Morgan fingerprint density at radius 2 is 2.04 bits per heavy atom. The average Bonchev–Trinajstić information content (AvgIpc) is 2.63. The van der Waals surface area contributed by atoms with Gasteiger partial charge in [0.1, 0.15) is 5.78 Å². The van der Waals surface area contributed by atoms with E-state index in [1.807, 2.05) is 0 Å². The van der Waals surface area contributed by atoms with Crippen molar-refractivity contribution in [2.75, 3.05) is 18.5 Å². The Morgan fingerprint density at radius 3 is 2.65 bits per heavy atom. The minimum absolute atomic E-state index is 0.0949. The summed E-state index contributed by atoms with van der Waals surface area (Å²) < 4.78 is 10.2. The molecule has 0 bridgehead atoms. The molecule has 0 radical (unpaired) electrons. The van der Waals surface area contributed by atoms with Gasteiger partial charge >= 0.3 is 5.97 Å². The minimum Gasteiger partial charge on any atom is -0.426 e. The maximum Gasteiger partial charge on any atom is 0.308 e. The first kappa shape index (κ1) is 21.2. The van der Waals surface area contributed by atoms with Gasteiger partial charge in [-0.3, -0.25) is 24.5 Å². The molecular formula is C16H21N3O7. The molecule has 1 amide bonds. The van der Waals surface area contributed by atoms with Gasteiger partial charge in [0, 0.05) is 24.2 Å². The fourth-order valence-electron chi connectivity index (χ4n) is 1.81. The molecule has 142 valence electrons. The minimum atomic E-state index is -1.53. The molecule has 0 heterocycles. The smallest absolute Gasteiger partial charge is 0.308 e. The van der Waals surface area contributed by atoms with E-state index in [0.29, 0.717) is 6.42 Å². The summed E-state index contributed by atoms with van der Waals surface area (Å²) in [5, 5.41) is 13.2. The van der Waals surface area contributed by atoms with E-state index in [1.54, 1.807) is 6.92 Å². The second kappa shape index (κ2) is 10.9. The van der Waals surface area contributed by atoms with Crippen LogP contribution in [0.4, 0.5) is 11.4 Å². The number of nitrogens with one attached hydrogen (secondary N) is 1. The zero-order valence-electron chi connectivity index (χ0n) is 14.3. The normalized spacial score (nSPS) is 11.5. The van der Waals surface area contributed by atoms with Gasteiger partial charge in [0.25, 0.3) is 17.9 Å². The van der Waals surface area contributed by atoms with E-state index in [-0.39, 0.29) is 43.2 Å². The van der Waals surface area contributed by atoms with Crippen molar-refractivity contribution in [2.24, 2.45) is 5.73 Å². The van der Waals surface area contributed by atoms with Crippen molar-refractivity contribution in [3.8, 4) is 0 Å². The molecule has 0 aliphatic heterocycles. The first-order valence-corrected chi connectivity index (χ1v) is 7.95. The lowest BCUT2D eigenvalue weighted by molar-refractivity contribution is -0.384. The summed E-state index contributed by atoms with van der Waals surface area (Å²) in [6.07, 6.45) is -1.28. The predicted molar refractivity (Wildman–Crippen MR) is 91.1 cm³/mol. The number of carbonyl (C=O) groups excluding carboxylic acids is 3. The van der Waals surface area contributed by atoms with Crippen molar-refractivity contribution < 1.29 is 28.8 Å². The van der Waals surface area contributed by atoms with Gasteiger partial charge in [-0.25, -0.2) is 0 Å². The molecule has 10 heteroatoms. The zero-order valence-corrected chi connectivity index (χ0v) is 14.3. The van der Waals surface area contributed by atoms with Crippen LogP contribution in [-0.4, -0.2) is 42.0 Å². The van der Waals surface area contributed by atoms with Gasteiger partial charge in [-0.15, -0.1) is 0 Å². The third kappa shape index (κ3) is 7.36. The van der Waals surface area contributed by atoms with Crippen molar-refractivity contribution in [3.63, 3.8) is 0 Å². The second-order valence-corrected chi connectivity index (χ2v) is 5.23. The molecule has 0 aromatic heterocycles. The number of nitro benzene ring substituents is 1. The standard InChI is InChI=1S/C16H21N3O7/c1-2-8-25-16(26-14(21)7-6-13(20)10-17)15(22)18-11-4-3-5-12(9-11)19(23)24/h3-5,9,16H,2,6-8,10,17H2,1H3,(H,18,22). The number of hydrogen-bond acceptors (Lipinski definition) is 8. The van der Waals surface area contributed by atoms with Crippen LogP contribution in [0.1, 0.15) is 26.2 Å². The lowest BCUT2D eigenvalue weighted by Gasteiger charge is -2.17. The van der Waals surface area contributed by atoms with Gasteiger partial charge in [-0.1, -0.05) is 13.0 Å². The molecule has 0 saturated heterocycles. The molecule has 10 nitrogen and oxygen atoms in total. The monoisotopic (exact) mass is 367 g/mol. The number of ether oxygens (including phenoxy) is 2. The molecule has 1 aromatic rings. The molecule has 0 aliphatic carbocycles. The van der Waals surface area contributed by atoms with Gasteiger partial charge in [0.05, 0.1) is 24.5 Å². The summed E-state index contributed by atoms with van der Waals surface area (Å²) in [6, 6.07) is 5.29. The average molecular weight is 367 g/mol. The van der Waals surface area contributed by atoms with Crippen molar-refractivity contribution in [1.82, 2.24) is 0 Å². The van der Waals surface area contributed by atoms with Gasteiger partial charge in [0.15, 0.2) is 0 Å². The third-order valence-electron chi connectivity index (χ3n) is 3.09. The number of esters is 1. The number of carbonyl (C=O) groups is 3. The van der Waals surface area contributed by atoms with Crippen LogP contribution in [0.25, 0.3) is 0 Å². The molecule has 0 aliphatic rings. The fraction of sp³-hybridized carbons (Fsp3) is 0.438. The SMILES string of the molecule is CCCOC(OC(=O)CCC(=O)CN)C(=O)Nc1cccc([N+](=O)[O-])c1. The van der Waals surface area contributed by atoms with Gasteiger partial charge in [0.2, 0.25) is 0 Å². The van der Waals surface area contributed by atoms with Crippen LogP contribution in [-0.2, 0) is 23.9 Å². The lowest BCUT2D eigenvalue weighted by Crippen LogP contribution is -2.35. The summed E-state index contributed by atoms with van der Waals surface area (Å²) in [5.41, 5.74) is 5.11. The highest BCUT2D eigenvalue weighted by Crippen LogP contribution is 2.17. The van der Waals surface area contributed by atoms with Crippen LogP contribution in [0.15, 0.2) is 24.3 Å². The molecule has 1 unspecified atom stereocenters. The summed E-state index contributed by atoms with van der Waals surface area (Å²) in [5.74, 6) is -1.89. The summed E-state index contributed by atoms with van der Waals surface area (Å²) in [4.78, 5) is 45.3. The van der Waals surface area contributed by atoms with E-state index >= 15 is 0 Å². The first-order valence-electron chi connectivity index (χ1n) is 7.95. The lowest BCUT2D eigenvalue weighted by atomic mass is 10.2. The number of rotatable bonds is 11. The van der Waals surface area contributed by atoms with Crippen molar-refractivity contribution in [2.45, 2.75) is 32.5 Å².